The highest BCUT2D eigenvalue weighted by molar-refractivity contribution is 7.98. The molecule has 0 bridgehead atoms. The number of nitro groups is 1. The van der Waals surface area contributed by atoms with Crippen LogP contribution in [0.1, 0.15) is 13.3 Å². The molecule has 0 aromatic carbocycles. The van der Waals surface area contributed by atoms with E-state index < -0.39 is 4.92 Å². The fraction of sp³-hybridized carbons (Fsp3) is 0.667. The van der Waals surface area contributed by atoms with Crippen molar-refractivity contribution in [2.75, 3.05) is 17.3 Å². The topological polar surface area (TPSA) is 73.0 Å². The summed E-state index contributed by atoms with van der Waals surface area (Å²) in [6.45, 7) is 2.05. The second-order valence-corrected chi connectivity index (χ2v) is 4.40. The number of thioether (sulfide) groups is 1. The Balaban J connectivity index is 2.85. The molecule has 6 nitrogen and oxygen atoms in total. The number of nitrogens with zero attached hydrogens (tertiary/aromatic N) is 3. The van der Waals surface area contributed by atoms with E-state index >= 15 is 0 Å². The Morgan fingerprint density at radius 2 is 2.44 bits per heavy atom. The van der Waals surface area contributed by atoms with Crippen LogP contribution in [0.3, 0.4) is 0 Å². The van der Waals surface area contributed by atoms with Gasteiger partial charge in [0.2, 0.25) is 12.1 Å². The first kappa shape index (κ1) is 12.8. The third-order valence-electron chi connectivity index (χ3n) is 2.29. The van der Waals surface area contributed by atoms with Gasteiger partial charge in [-0.1, -0.05) is 6.92 Å². The van der Waals surface area contributed by atoms with E-state index in [-0.39, 0.29) is 11.9 Å². The van der Waals surface area contributed by atoms with E-state index in [9.17, 15) is 10.1 Å². The van der Waals surface area contributed by atoms with Crippen LogP contribution in [0.15, 0.2) is 6.33 Å². The van der Waals surface area contributed by atoms with E-state index in [0.717, 1.165) is 12.2 Å². The number of hydrogen-bond acceptors (Lipinski definition) is 5. The minimum Gasteiger partial charge on any atom is -0.361 e. The lowest BCUT2D eigenvalue weighted by Gasteiger charge is -2.16. The minimum atomic E-state index is -0.464. The summed E-state index contributed by atoms with van der Waals surface area (Å²) in [5.74, 6) is 1.28. The normalized spacial score (nSPS) is 12.4. The molecule has 1 unspecified atom stereocenters. The van der Waals surface area contributed by atoms with Crippen LogP contribution in [-0.2, 0) is 7.05 Å². The number of aryl methyl sites for hydroxylation is 1. The Labute approximate surface area is 98.6 Å². The lowest BCUT2D eigenvalue weighted by Crippen LogP contribution is -2.23. The summed E-state index contributed by atoms with van der Waals surface area (Å²) in [7, 11) is 1.74. The molecule has 1 heterocycles. The first-order chi connectivity index (χ1) is 7.60. The molecule has 0 amide bonds. The molecule has 0 saturated heterocycles. The van der Waals surface area contributed by atoms with E-state index in [1.807, 2.05) is 6.26 Å². The van der Waals surface area contributed by atoms with Crippen LogP contribution >= 0.6 is 11.8 Å². The lowest BCUT2D eigenvalue weighted by atomic mass is 10.2. The van der Waals surface area contributed by atoms with Crippen molar-refractivity contribution >= 4 is 23.4 Å². The van der Waals surface area contributed by atoms with Crippen LogP contribution in [0.4, 0.5) is 11.6 Å². The maximum Gasteiger partial charge on any atom is 0.406 e. The molecule has 7 heteroatoms. The Morgan fingerprint density at radius 3 is 2.94 bits per heavy atom. The monoisotopic (exact) mass is 244 g/mol. The highest BCUT2D eigenvalue weighted by Gasteiger charge is 2.21. The molecule has 1 aromatic heterocycles. The quantitative estimate of drug-likeness (QED) is 0.611. The molecule has 0 fully saturated rings. The van der Waals surface area contributed by atoms with E-state index in [2.05, 4.69) is 17.2 Å². The van der Waals surface area contributed by atoms with Gasteiger partial charge in [0.05, 0.1) is 0 Å². The van der Waals surface area contributed by atoms with Gasteiger partial charge >= 0.3 is 5.82 Å². The third-order valence-corrected chi connectivity index (χ3v) is 3.03. The molecule has 0 spiro atoms. The summed E-state index contributed by atoms with van der Waals surface area (Å²) >= 11 is 1.71. The maximum absolute atomic E-state index is 10.7. The van der Waals surface area contributed by atoms with Gasteiger partial charge < -0.3 is 15.4 Å². The molecule has 0 radical (unpaired) electrons. The number of rotatable bonds is 6. The Bertz CT molecular complexity index is 366. The van der Waals surface area contributed by atoms with Crippen molar-refractivity contribution in [3.63, 3.8) is 0 Å². The fourth-order valence-electron chi connectivity index (χ4n) is 1.37. The number of aromatic nitrogens is 2. The Morgan fingerprint density at radius 1 is 1.75 bits per heavy atom. The minimum absolute atomic E-state index is 0.109. The average Bonchev–Trinajstić information content (AvgIpc) is 2.60. The SMILES string of the molecule is CCC(CSC)Nc1c([N+](=O)[O-])ncn1C. The zero-order chi connectivity index (χ0) is 12.1. The van der Waals surface area contributed by atoms with Crippen LogP contribution in [-0.4, -0.2) is 32.5 Å². The molecule has 90 valence electrons. The number of anilines is 1. The standard InChI is InChI=1S/C9H16N4O2S/c1-4-7(5-16-3)11-9-8(13(14)15)10-6-12(9)2/h6-7,11H,4-5H2,1-3H3. The van der Waals surface area contributed by atoms with Crippen molar-refractivity contribution in [1.29, 1.82) is 0 Å². The summed E-state index contributed by atoms with van der Waals surface area (Å²) in [5.41, 5.74) is 0. The van der Waals surface area contributed by atoms with Crippen LogP contribution in [0.2, 0.25) is 0 Å². The highest BCUT2D eigenvalue weighted by Crippen LogP contribution is 2.22. The van der Waals surface area contributed by atoms with Gasteiger partial charge in [0.15, 0.2) is 0 Å². The molecule has 1 rings (SSSR count). The smallest absolute Gasteiger partial charge is 0.361 e. The van der Waals surface area contributed by atoms with E-state index in [1.165, 1.54) is 6.33 Å². The number of imidazole rings is 1. The summed E-state index contributed by atoms with van der Waals surface area (Å²) in [4.78, 5) is 14.0. The van der Waals surface area contributed by atoms with Gasteiger partial charge in [0.25, 0.3) is 0 Å². The molecule has 0 aliphatic rings. The molecule has 1 aromatic rings. The molecule has 0 saturated carbocycles. The van der Waals surface area contributed by atoms with Gasteiger partial charge in [0.1, 0.15) is 0 Å². The molecule has 0 aliphatic carbocycles. The van der Waals surface area contributed by atoms with E-state index in [4.69, 9.17) is 0 Å². The van der Waals surface area contributed by atoms with Crippen LogP contribution in [0.5, 0.6) is 0 Å². The van der Waals surface area contributed by atoms with Crippen molar-refractivity contribution in [3.05, 3.63) is 16.4 Å². The van der Waals surface area contributed by atoms with Crippen LogP contribution in [0, 0.1) is 10.1 Å². The molecular weight excluding hydrogens is 228 g/mol. The molecular formula is C9H16N4O2S. The van der Waals surface area contributed by atoms with Gasteiger partial charge in [-0.25, -0.2) is 0 Å². The second-order valence-electron chi connectivity index (χ2n) is 3.49. The second kappa shape index (κ2) is 5.74. The summed E-state index contributed by atoms with van der Waals surface area (Å²) in [6.07, 6.45) is 4.39. The van der Waals surface area contributed by atoms with Gasteiger partial charge in [-0.3, -0.25) is 4.57 Å². The predicted octanol–water partition coefficient (Wildman–Crippen LogP) is 1.88. The summed E-state index contributed by atoms with van der Waals surface area (Å²) in [5, 5.41) is 13.9. The fourth-order valence-corrected chi connectivity index (χ4v) is 2.10. The van der Waals surface area contributed by atoms with Crippen molar-refractivity contribution < 1.29 is 4.92 Å². The molecule has 0 aliphatic heterocycles. The average molecular weight is 244 g/mol. The third kappa shape index (κ3) is 2.88. The van der Waals surface area contributed by atoms with Gasteiger partial charge in [-0.2, -0.15) is 11.8 Å². The largest absolute Gasteiger partial charge is 0.406 e. The van der Waals surface area contributed by atoms with E-state index in [0.29, 0.717) is 5.82 Å². The zero-order valence-electron chi connectivity index (χ0n) is 9.64. The highest BCUT2D eigenvalue weighted by atomic mass is 32.2. The van der Waals surface area contributed by atoms with E-state index in [1.54, 1.807) is 23.4 Å². The maximum atomic E-state index is 10.7. The zero-order valence-corrected chi connectivity index (χ0v) is 10.5. The van der Waals surface area contributed by atoms with Gasteiger partial charge in [-0.15, -0.1) is 0 Å². The number of nitrogens with one attached hydrogen (secondary N) is 1. The first-order valence-electron chi connectivity index (χ1n) is 5.01. The van der Waals surface area contributed by atoms with Crippen molar-refractivity contribution in [1.82, 2.24) is 9.55 Å². The van der Waals surface area contributed by atoms with Crippen LogP contribution in [0.25, 0.3) is 0 Å². The van der Waals surface area contributed by atoms with Crippen molar-refractivity contribution in [3.8, 4) is 0 Å². The molecule has 16 heavy (non-hydrogen) atoms. The number of hydrogen-bond donors (Lipinski definition) is 1. The summed E-state index contributed by atoms with van der Waals surface area (Å²) in [6, 6.07) is 0.226. The van der Waals surface area contributed by atoms with Crippen molar-refractivity contribution in [2.24, 2.45) is 7.05 Å². The predicted molar refractivity (Wildman–Crippen MR) is 65.9 cm³/mol. The summed E-state index contributed by atoms with van der Waals surface area (Å²) < 4.78 is 1.64. The Kier molecular flexibility index (Phi) is 4.60. The molecule has 1 N–H and O–H groups in total. The van der Waals surface area contributed by atoms with Gasteiger partial charge in [-0.05, 0) is 22.6 Å². The molecule has 1 atom stereocenters. The van der Waals surface area contributed by atoms with Crippen LogP contribution < -0.4 is 5.32 Å². The van der Waals surface area contributed by atoms with Gasteiger partial charge in [0, 0.05) is 18.8 Å². The lowest BCUT2D eigenvalue weighted by molar-refractivity contribution is -0.388. The Hall–Kier alpha value is -1.24. The van der Waals surface area contributed by atoms with Crippen molar-refractivity contribution in [2.45, 2.75) is 19.4 Å². The first-order valence-corrected chi connectivity index (χ1v) is 6.40.